The first-order chi connectivity index (χ1) is 6.60. The van der Waals surface area contributed by atoms with Gasteiger partial charge in [-0.2, -0.15) is 5.26 Å². The molecule has 0 aliphatic rings. The highest BCUT2D eigenvalue weighted by Gasteiger charge is 2.09. The molecule has 0 amide bonds. The zero-order chi connectivity index (χ0) is 10.7. The van der Waals surface area contributed by atoms with Crippen LogP contribution < -0.4 is 11.5 Å². The Morgan fingerprint density at radius 2 is 2.21 bits per heavy atom. The Morgan fingerprint density at radius 3 is 2.71 bits per heavy atom. The number of nitrogens with two attached hydrogens (primary N) is 2. The number of hydrogen-bond donors (Lipinski definition) is 3. The number of nitriles is 1. The number of rotatable bonds is 2. The van der Waals surface area contributed by atoms with E-state index in [1.54, 1.807) is 12.1 Å². The first kappa shape index (κ1) is 10.5. The van der Waals surface area contributed by atoms with Crippen LogP contribution in [0.1, 0.15) is 22.7 Å². The van der Waals surface area contributed by atoms with Gasteiger partial charge in [0.05, 0.1) is 23.9 Å². The van der Waals surface area contributed by atoms with Crippen LogP contribution >= 0.6 is 0 Å². The molecule has 0 saturated heterocycles. The van der Waals surface area contributed by atoms with Crippen molar-refractivity contribution in [3.63, 3.8) is 0 Å². The number of nitrogen functional groups attached to an aromatic ring is 1. The molecule has 1 atom stereocenters. The summed E-state index contributed by atoms with van der Waals surface area (Å²) in [5.41, 5.74) is 13.7. The van der Waals surface area contributed by atoms with Gasteiger partial charge in [-0.3, -0.25) is 0 Å². The highest BCUT2D eigenvalue weighted by atomic mass is 16.3. The molecule has 0 radical (unpaired) electrons. The Kier molecular flexibility index (Phi) is 3.07. The summed E-state index contributed by atoms with van der Waals surface area (Å²) in [6, 6.07) is 4.94. The molecule has 1 aromatic rings. The molecule has 4 heteroatoms. The third-order valence-electron chi connectivity index (χ3n) is 2.15. The molecule has 0 aliphatic carbocycles. The molecule has 0 fully saturated rings. The number of benzene rings is 1. The van der Waals surface area contributed by atoms with Crippen molar-refractivity contribution in [2.24, 2.45) is 5.73 Å². The van der Waals surface area contributed by atoms with Gasteiger partial charge in [0.1, 0.15) is 6.07 Å². The van der Waals surface area contributed by atoms with Crippen molar-refractivity contribution in [1.29, 1.82) is 5.26 Å². The molecule has 0 heterocycles. The van der Waals surface area contributed by atoms with Crippen molar-refractivity contribution in [2.45, 2.75) is 13.0 Å². The minimum atomic E-state index is -0.457. The van der Waals surface area contributed by atoms with E-state index in [9.17, 15) is 0 Å². The molecule has 0 aromatic heterocycles. The number of aliphatic hydroxyl groups is 1. The molecule has 74 valence electrons. The van der Waals surface area contributed by atoms with Gasteiger partial charge in [-0.1, -0.05) is 6.07 Å². The van der Waals surface area contributed by atoms with E-state index in [4.69, 9.17) is 21.8 Å². The van der Waals surface area contributed by atoms with Gasteiger partial charge in [0.2, 0.25) is 0 Å². The summed E-state index contributed by atoms with van der Waals surface area (Å²) in [5.74, 6) is 0. The third kappa shape index (κ3) is 1.84. The van der Waals surface area contributed by atoms with Crippen molar-refractivity contribution in [2.75, 3.05) is 12.3 Å². The molecular formula is C10H13N3O. The largest absolute Gasteiger partial charge is 0.397 e. The fourth-order valence-corrected chi connectivity index (χ4v) is 1.24. The van der Waals surface area contributed by atoms with Crippen LogP contribution in [-0.4, -0.2) is 11.7 Å². The molecule has 5 N–H and O–H groups in total. The van der Waals surface area contributed by atoms with Crippen molar-refractivity contribution in [3.05, 3.63) is 28.8 Å². The number of aliphatic hydroxyl groups excluding tert-OH is 1. The summed E-state index contributed by atoms with van der Waals surface area (Å²) >= 11 is 0. The Hall–Kier alpha value is -1.57. The van der Waals surface area contributed by atoms with Crippen LogP contribution in [0.2, 0.25) is 0 Å². The van der Waals surface area contributed by atoms with Gasteiger partial charge in [0.25, 0.3) is 0 Å². The smallest absolute Gasteiger partial charge is 0.101 e. The zero-order valence-corrected chi connectivity index (χ0v) is 7.99. The normalized spacial score (nSPS) is 12.1. The van der Waals surface area contributed by atoms with Crippen molar-refractivity contribution < 1.29 is 5.11 Å². The zero-order valence-electron chi connectivity index (χ0n) is 7.99. The van der Waals surface area contributed by atoms with Gasteiger partial charge >= 0.3 is 0 Å². The van der Waals surface area contributed by atoms with Crippen molar-refractivity contribution in [3.8, 4) is 6.07 Å². The lowest BCUT2D eigenvalue weighted by Crippen LogP contribution is -2.15. The van der Waals surface area contributed by atoms with Crippen LogP contribution in [0.15, 0.2) is 12.1 Å². The van der Waals surface area contributed by atoms with Gasteiger partial charge in [0, 0.05) is 0 Å². The number of aryl methyl sites for hydroxylation is 1. The molecule has 14 heavy (non-hydrogen) atoms. The summed E-state index contributed by atoms with van der Waals surface area (Å²) in [5, 5.41) is 17.7. The second-order valence-corrected chi connectivity index (χ2v) is 3.20. The standard InChI is InChI=1S/C10H13N3O/c1-6-2-7(9(12)5-14)3-8(4-11)10(6)13/h2-3,9,14H,5,12-13H2,1H3/t9-/m1/s1. The van der Waals surface area contributed by atoms with Crippen LogP contribution in [-0.2, 0) is 0 Å². The van der Waals surface area contributed by atoms with Crippen molar-refractivity contribution in [1.82, 2.24) is 0 Å². The van der Waals surface area contributed by atoms with Gasteiger partial charge in [0.15, 0.2) is 0 Å². The average Bonchev–Trinajstić information content (AvgIpc) is 2.20. The Morgan fingerprint density at radius 1 is 1.57 bits per heavy atom. The van der Waals surface area contributed by atoms with E-state index in [2.05, 4.69) is 0 Å². The third-order valence-corrected chi connectivity index (χ3v) is 2.15. The lowest BCUT2D eigenvalue weighted by Gasteiger charge is -2.11. The summed E-state index contributed by atoms with van der Waals surface area (Å²) < 4.78 is 0. The van der Waals surface area contributed by atoms with Crippen LogP contribution in [0.5, 0.6) is 0 Å². The maximum absolute atomic E-state index is 8.87. The maximum atomic E-state index is 8.87. The van der Waals surface area contributed by atoms with E-state index in [0.717, 1.165) is 11.1 Å². The molecule has 0 aliphatic heterocycles. The second-order valence-electron chi connectivity index (χ2n) is 3.20. The topological polar surface area (TPSA) is 96.1 Å². The molecule has 0 unspecified atom stereocenters. The molecule has 4 nitrogen and oxygen atoms in total. The molecule has 1 aromatic carbocycles. The highest BCUT2D eigenvalue weighted by Crippen LogP contribution is 2.21. The van der Waals surface area contributed by atoms with Gasteiger partial charge in [-0.05, 0) is 24.1 Å². The fourth-order valence-electron chi connectivity index (χ4n) is 1.24. The number of hydrogen-bond acceptors (Lipinski definition) is 4. The Bertz CT molecular complexity index is 382. The Balaban J connectivity index is 3.24. The quantitative estimate of drug-likeness (QED) is 0.591. The first-order valence-corrected chi connectivity index (χ1v) is 4.26. The van der Waals surface area contributed by atoms with Crippen molar-refractivity contribution >= 4 is 5.69 Å². The van der Waals surface area contributed by atoms with Gasteiger partial charge in [-0.15, -0.1) is 0 Å². The Labute approximate surface area is 82.8 Å². The van der Waals surface area contributed by atoms with Crippen LogP contribution in [0.4, 0.5) is 5.69 Å². The molecule has 0 saturated carbocycles. The summed E-state index contributed by atoms with van der Waals surface area (Å²) in [7, 11) is 0. The number of nitrogens with zero attached hydrogens (tertiary/aromatic N) is 1. The fraction of sp³-hybridized carbons (Fsp3) is 0.300. The minimum Gasteiger partial charge on any atom is -0.397 e. The second kappa shape index (κ2) is 4.09. The lowest BCUT2D eigenvalue weighted by molar-refractivity contribution is 0.268. The van der Waals surface area contributed by atoms with Crippen LogP contribution in [0.25, 0.3) is 0 Å². The highest BCUT2D eigenvalue weighted by molar-refractivity contribution is 5.60. The summed E-state index contributed by atoms with van der Waals surface area (Å²) in [4.78, 5) is 0. The van der Waals surface area contributed by atoms with E-state index in [-0.39, 0.29) is 6.61 Å². The lowest BCUT2D eigenvalue weighted by atomic mass is 10.0. The van der Waals surface area contributed by atoms with E-state index >= 15 is 0 Å². The van der Waals surface area contributed by atoms with Crippen LogP contribution in [0.3, 0.4) is 0 Å². The molecule has 0 bridgehead atoms. The monoisotopic (exact) mass is 191 g/mol. The number of anilines is 1. The predicted molar refractivity (Wildman–Crippen MR) is 54.3 cm³/mol. The van der Waals surface area contributed by atoms with Crippen LogP contribution in [0, 0.1) is 18.3 Å². The predicted octanol–water partition coefficient (Wildman–Crippen LogP) is 0.441. The summed E-state index contributed by atoms with van der Waals surface area (Å²) in [6.07, 6.45) is 0. The summed E-state index contributed by atoms with van der Waals surface area (Å²) in [6.45, 7) is 1.66. The molecule has 1 rings (SSSR count). The molecular weight excluding hydrogens is 178 g/mol. The van der Waals surface area contributed by atoms with Gasteiger partial charge in [-0.25, -0.2) is 0 Å². The SMILES string of the molecule is Cc1cc([C@H](N)CO)cc(C#N)c1N. The van der Waals surface area contributed by atoms with E-state index in [0.29, 0.717) is 11.3 Å². The minimum absolute atomic E-state index is 0.145. The van der Waals surface area contributed by atoms with E-state index in [1.807, 2.05) is 13.0 Å². The van der Waals surface area contributed by atoms with E-state index < -0.39 is 6.04 Å². The maximum Gasteiger partial charge on any atom is 0.101 e. The first-order valence-electron chi connectivity index (χ1n) is 4.26. The van der Waals surface area contributed by atoms with Gasteiger partial charge < -0.3 is 16.6 Å². The van der Waals surface area contributed by atoms with E-state index in [1.165, 1.54) is 0 Å². The average molecular weight is 191 g/mol. The molecule has 0 spiro atoms.